The zero-order valence-electron chi connectivity index (χ0n) is 13.5. The molecule has 0 fully saturated rings. The molecule has 0 aliphatic carbocycles. The highest BCUT2D eigenvalue weighted by Crippen LogP contribution is 2.36. The van der Waals surface area contributed by atoms with Gasteiger partial charge in [-0.25, -0.2) is 4.98 Å². The monoisotopic (exact) mass is 346 g/mol. The van der Waals surface area contributed by atoms with Crippen molar-refractivity contribution in [3.05, 3.63) is 64.0 Å². The van der Waals surface area contributed by atoms with Crippen molar-refractivity contribution in [1.82, 2.24) is 4.98 Å². The van der Waals surface area contributed by atoms with Crippen LogP contribution in [-0.2, 0) is 0 Å². The van der Waals surface area contributed by atoms with Crippen molar-refractivity contribution in [3.63, 3.8) is 0 Å². The minimum atomic E-state index is 0.249. The molecule has 0 saturated heterocycles. The van der Waals surface area contributed by atoms with Crippen LogP contribution in [0.1, 0.15) is 16.1 Å². The maximum atomic E-state index is 9.53. The van der Waals surface area contributed by atoms with Crippen LogP contribution < -0.4 is 9.47 Å². The first-order chi connectivity index (χ1) is 12.2. The van der Waals surface area contributed by atoms with Crippen LogP contribution in [0.4, 0.5) is 0 Å². The SMILES string of the molecule is Cc1cccc(C=C(C#N)c2nc(-c3ccc4c(c3)OCO4)cs2)c1. The van der Waals surface area contributed by atoms with Crippen LogP contribution in [-0.4, -0.2) is 11.8 Å². The fourth-order valence-electron chi connectivity index (χ4n) is 2.65. The van der Waals surface area contributed by atoms with E-state index in [0.29, 0.717) is 10.6 Å². The van der Waals surface area contributed by atoms with Crippen molar-refractivity contribution in [2.24, 2.45) is 0 Å². The highest BCUT2D eigenvalue weighted by molar-refractivity contribution is 7.11. The Morgan fingerprint density at radius 3 is 2.92 bits per heavy atom. The van der Waals surface area contributed by atoms with Crippen molar-refractivity contribution in [2.45, 2.75) is 6.92 Å². The van der Waals surface area contributed by atoms with Gasteiger partial charge in [0, 0.05) is 10.9 Å². The second-order valence-electron chi connectivity index (χ2n) is 5.69. The Morgan fingerprint density at radius 1 is 1.20 bits per heavy atom. The summed E-state index contributed by atoms with van der Waals surface area (Å²) in [6.07, 6.45) is 1.87. The summed E-state index contributed by atoms with van der Waals surface area (Å²) in [5.74, 6) is 1.47. The lowest BCUT2D eigenvalue weighted by atomic mass is 10.1. The largest absolute Gasteiger partial charge is 0.454 e. The molecule has 4 nitrogen and oxygen atoms in total. The zero-order valence-corrected chi connectivity index (χ0v) is 14.3. The summed E-state index contributed by atoms with van der Waals surface area (Å²) in [4.78, 5) is 4.63. The molecule has 4 rings (SSSR count). The van der Waals surface area contributed by atoms with Gasteiger partial charge in [0.2, 0.25) is 6.79 Å². The van der Waals surface area contributed by atoms with Gasteiger partial charge in [-0.2, -0.15) is 5.26 Å². The van der Waals surface area contributed by atoms with Gasteiger partial charge in [-0.1, -0.05) is 29.8 Å². The minimum Gasteiger partial charge on any atom is -0.454 e. The zero-order chi connectivity index (χ0) is 17.2. The number of nitrogens with zero attached hydrogens (tertiary/aromatic N) is 2. The fourth-order valence-corrected chi connectivity index (χ4v) is 3.45. The fraction of sp³-hybridized carbons (Fsp3) is 0.100. The number of fused-ring (bicyclic) bond motifs is 1. The molecule has 0 radical (unpaired) electrons. The van der Waals surface area contributed by atoms with Gasteiger partial charge in [-0.3, -0.25) is 0 Å². The van der Waals surface area contributed by atoms with Gasteiger partial charge in [0.05, 0.1) is 11.3 Å². The predicted octanol–water partition coefficient (Wildman–Crippen LogP) is 4.91. The molecule has 0 atom stereocenters. The number of rotatable bonds is 3. The molecule has 0 N–H and O–H groups in total. The molecule has 2 aromatic carbocycles. The van der Waals surface area contributed by atoms with Crippen LogP contribution in [0.3, 0.4) is 0 Å². The molecular formula is C20H14N2O2S. The van der Waals surface area contributed by atoms with Gasteiger partial charge in [-0.15, -0.1) is 11.3 Å². The number of hydrogen-bond acceptors (Lipinski definition) is 5. The number of benzene rings is 2. The number of allylic oxidation sites excluding steroid dienone is 1. The summed E-state index contributed by atoms with van der Waals surface area (Å²) in [7, 11) is 0. The number of aryl methyl sites for hydroxylation is 1. The first kappa shape index (κ1) is 15.4. The van der Waals surface area contributed by atoms with E-state index in [0.717, 1.165) is 33.9 Å². The molecule has 0 spiro atoms. The molecule has 1 aliphatic rings. The third-order valence-corrected chi connectivity index (χ3v) is 4.75. The highest BCUT2D eigenvalue weighted by atomic mass is 32.1. The van der Waals surface area contributed by atoms with Crippen molar-refractivity contribution < 1.29 is 9.47 Å². The van der Waals surface area contributed by atoms with Crippen LogP contribution in [0.5, 0.6) is 11.5 Å². The van der Waals surface area contributed by atoms with Crippen LogP contribution in [0.15, 0.2) is 47.8 Å². The molecule has 3 aromatic rings. The Labute approximate surface area is 149 Å². The molecule has 0 amide bonds. The van der Waals surface area contributed by atoms with Gasteiger partial charge >= 0.3 is 0 Å². The summed E-state index contributed by atoms with van der Waals surface area (Å²) < 4.78 is 10.7. The maximum Gasteiger partial charge on any atom is 0.231 e. The average molecular weight is 346 g/mol. The minimum absolute atomic E-state index is 0.249. The standard InChI is InChI=1S/C20H14N2O2S/c1-13-3-2-4-14(7-13)8-16(10-21)20-22-17(11-25-20)15-5-6-18-19(9-15)24-12-23-18/h2-9,11H,12H2,1H3. The molecule has 122 valence electrons. The van der Waals surface area contributed by atoms with Crippen molar-refractivity contribution in [1.29, 1.82) is 5.26 Å². The molecular weight excluding hydrogens is 332 g/mol. The van der Waals surface area contributed by atoms with Crippen LogP contribution in [0, 0.1) is 18.3 Å². The number of nitriles is 1. The van der Waals surface area contributed by atoms with E-state index >= 15 is 0 Å². The second kappa shape index (κ2) is 6.42. The molecule has 2 heterocycles. The lowest BCUT2D eigenvalue weighted by molar-refractivity contribution is 0.174. The molecule has 1 aliphatic heterocycles. The first-order valence-corrected chi connectivity index (χ1v) is 8.65. The van der Waals surface area contributed by atoms with E-state index in [1.54, 1.807) is 0 Å². The van der Waals surface area contributed by atoms with Crippen LogP contribution in [0.2, 0.25) is 0 Å². The Bertz CT molecular complexity index is 1010. The Kier molecular flexibility index (Phi) is 3.96. The molecule has 5 heteroatoms. The first-order valence-electron chi connectivity index (χ1n) is 7.77. The summed E-state index contributed by atoms with van der Waals surface area (Å²) in [5, 5.41) is 12.2. The summed E-state index contributed by atoms with van der Waals surface area (Å²) in [5.41, 5.74) is 4.48. The third-order valence-electron chi connectivity index (χ3n) is 3.88. The molecule has 0 bridgehead atoms. The van der Waals surface area contributed by atoms with E-state index in [4.69, 9.17) is 9.47 Å². The van der Waals surface area contributed by atoms with Gasteiger partial charge < -0.3 is 9.47 Å². The number of thiazole rings is 1. The molecule has 0 unspecified atom stereocenters. The van der Waals surface area contributed by atoms with Gasteiger partial charge in [0.25, 0.3) is 0 Å². The normalized spacial score (nSPS) is 12.9. The number of hydrogen-bond donors (Lipinski definition) is 0. The average Bonchev–Trinajstić information content (AvgIpc) is 3.28. The van der Waals surface area contributed by atoms with Crippen LogP contribution in [0.25, 0.3) is 22.9 Å². The number of aromatic nitrogens is 1. The Hall–Kier alpha value is -3.10. The predicted molar refractivity (Wildman–Crippen MR) is 98.3 cm³/mol. The summed E-state index contributed by atoms with van der Waals surface area (Å²) in [6.45, 7) is 2.28. The van der Waals surface area contributed by atoms with Crippen LogP contribution >= 0.6 is 11.3 Å². The molecule has 1 aromatic heterocycles. The maximum absolute atomic E-state index is 9.53. The van der Waals surface area contributed by atoms with Crippen molar-refractivity contribution >= 4 is 23.0 Å². The second-order valence-corrected chi connectivity index (χ2v) is 6.55. The van der Waals surface area contributed by atoms with E-state index in [1.165, 1.54) is 11.3 Å². The van der Waals surface area contributed by atoms with E-state index < -0.39 is 0 Å². The smallest absolute Gasteiger partial charge is 0.231 e. The van der Waals surface area contributed by atoms with E-state index in [-0.39, 0.29) is 6.79 Å². The molecule has 25 heavy (non-hydrogen) atoms. The van der Waals surface area contributed by atoms with E-state index in [9.17, 15) is 5.26 Å². The Balaban J connectivity index is 1.67. The number of ether oxygens (including phenoxy) is 2. The van der Waals surface area contributed by atoms with Gasteiger partial charge in [0.1, 0.15) is 11.1 Å². The van der Waals surface area contributed by atoms with Crippen molar-refractivity contribution in [2.75, 3.05) is 6.79 Å². The summed E-state index contributed by atoms with van der Waals surface area (Å²) in [6, 6.07) is 16.0. The van der Waals surface area contributed by atoms with Gasteiger partial charge in [0.15, 0.2) is 11.5 Å². The van der Waals surface area contributed by atoms with E-state index in [2.05, 4.69) is 11.1 Å². The summed E-state index contributed by atoms with van der Waals surface area (Å²) >= 11 is 1.46. The lowest BCUT2D eigenvalue weighted by Gasteiger charge is -2.00. The van der Waals surface area contributed by atoms with E-state index in [1.807, 2.05) is 60.8 Å². The third kappa shape index (κ3) is 3.12. The highest BCUT2D eigenvalue weighted by Gasteiger charge is 2.15. The quantitative estimate of drug-likeness (QED) is 0.632. The lowest BCUT2D eigenvalue weighted by Crippen LogP contribution is -1.92. The van der Waals surface area contributed by atoms with Gasteiger partial charge in [-0.05, 0) is 36.8 Å². The molecule has 0 saturated carbocycles. The van der Waals surface area contributed by atoms with Crippen molar-refractivity contribution in [3.8, 4) is 28.8 Å². The Morgan fingerprint density at radius 2 is 2.08 bits per heavy atom. The topological polar surface area (TPSA) is 55.1 Å².